The van der Waals surface area contributed by atoms with E-state index in [1.807, 2.05) is 20.9 Å². The Morgan fingerprint density at radius 3 is 2.59 bits per heavy atom. The fourth-order valence-corrected chi connectivity index (χ4v) is 6.03. The van der Waals surface area contributed by atoms with Crippen LogP contribution in [0.15, 0.2) is 0 Å². The molecule has 4 heterocycles. The van der Waals surface area contributed by atoms with Crippen LogP contribution in [0.25, 0.3) is 0 Å². The predicted octanol–water partition coefficient (Wildman–Crippen LogP) is 3.31. The number of fused-ring (bicyclic) bond motifs is 4. The highest BCUT2D eigenvalue weighted by molar-refractivity contribution is 5.94. The Kier molecular flexibility index (Phi) is 5.47. The van der Waals surface area contributed by atoms with Crippen LogP contribution in [0.4, 0.5) is 0 Å². The highest BCUT2D eigenvalue weighted by atomic mass is 16.2. The normalized spacial score (nSPS) is 29.4. The van der Waals surface area contributed by atoms with Gasteiger partial charge < -0.3 is 9.80 Å². The van der Waals surface area contributed by atoms with E-state index in [0.717, 1.165) is 62.1 Å². The molecule has 2 amide bonds. The average molecular weight is 401 g/mol. The Morgan fingerprint density at radius 2 is 1.93 bits per heavy atom. The minimum absolute atomic E-state index is 0.110. The van der Waals surface area contributed by atoms with E-state index < -0.39 is 0 Å². The quantitative estimate of drug-likeness (QED) is 0.779. The van der Waals surface area contributed by atoms with Gasteiger partial charge in [0.2, 0.25) is 5.91 Å². The number of amides is 2. The number of nitrogens with zero attached hydrogens (tertiary/aromatic N) is 4. The van der Waals surface area contributed by atoms with Gasteiger partial charge in [-0.25, -0.2) is 0 Å². The van der Waals surface area contributed by atoms with E-state index in [-0.39, 0.29) is 11.9 Å². The topological polar surface area (TPSA) is 58.4 Å². The molecular formula is C23H36N4O2. The van der Waals surface area contributed by atoms with E-state index in [1.54, 1.807) is 4.68 Å². The van der Waals surface area contributed by atoms with Crippen LogP contribution >= 0.6 is 0 Å². The third kappa shape index (κ3) is 3.59. The fourth-order valence-electron chi connectivity index (χ4n) is 6.03. The van der Waals surface area contributed by atoms with Crippen molar-refractivity contribution < 1.29 is 9.59 Å². The summed E-state index contributed by atoms with van der Waals surface area (Å²) in [7, 11) is 1.87. The molecule has 1 aromatic heterocycles. The number of piperidine rings is 3. The molecule has 3 aliphatic heterocycles. The number of hydrogen-bond donors (Lipinski definition) is 0. The molecule has 2 bridgehead atoms. The van der Waals surface area contributed by atoms with Gasteiger partial charge in [0.25, 0.3) is 5.91 Å². The van der Waals surface area contributed by atoms with Crippen molar-refractivity contribution in [2.24, 2.45) is 24.8 Å². The van der Waals surface area contributed by atoms with Crippen molar-refractivity contribution in [2.45, 2.75) is 78.3 Å². The Labute approximate surface area is 174 Å². The first-order valence-electron chi connectivity index (χ1n) is 11.4. The first-order valence-corrected chi connectivity index (χ1v) is 11.4. The summed E-state index contributed by atoms with van der Waals surface area (Å²) in [6.07, 6.45) is 6.13. The highest BCUT2D eigenvalue weighted by Crippen LogP contribution is 2.43. The summed E-state index contributed by atoms with van der Waals surface area (Å²) >= 11 is 0. The third-order valence-corrected chi connectivity index (χ3v) is 7.55. The number of carbonyl (C=O) groups excluding carboxylic acids is 2. The van der Waals surface area contributed by atoms with Crippen LogP contribution in [-0.2, 0) is 11.8 Å². The predicted molar refractivity (Wildman–Crippen MR) is 113 cm³/mol. The van der Waals surface area contributed by atoms with Gasteiger partial charge in [-0.05, 0) is 63.7 Å². The Hall–Kier alpha value is -1.85. The van der Waals surface area contributed by atoms with E-state index in [4.69, 9.17) is 0 Å². The lowest BCUT2D eigenvalue weighted by Gasteiger charge is -2.56. The molecule has 3 fully saturated rings. The number of carbonyl (C=O) groups is 2. The van der Waals surface area contributed by atoms with E-state index in [2.05, 4.69) is 28.7 Å². The largest absolute Gasteiger partial charge is 0.337 e. The summed E-state index contributed by atoms with van der Waals surface area (Å²) in [6, 6.07) is 0.603. The van der Waals surface area contributed by atoms with Crippen LogP contribution in [0.5, 0.6) is 0 Å². The number of likely N-dealkylation sites (tertiary alicyclic amines) is 1. The molecule has 0 radical (unpaired) electrons. The van der Waals surface area contributed by atoms with Crippen molar-refractivity contribution >= 4 is 11.8 Å². The van der Waals surface area contributed by atoms with Gasteiger partial charge in [0, 0.05) is 44.2 Å². The van der Waals surface area contributed by atoms with Crippen molar-refractivity contribution in [1.82, 2.24) is 19.6 Å². The molecule has 29 heavy (non-hydrogen) atoms. The van der Waals surface area contributed by atoms with E-state index in [9.17, 15) is 9.59 Å². The smallest absolute Gasteiger partial charge is 0.272 e. The number of aryl methyl sites for hydroxylation is 2. The summed E-state index contributed by atoms with van der Waals surface area (Å²) in [5, 5.41) is 4.45. The van der Waals surface area contributed by atoms with Gasteiger partial charge in [-0.3, -0.25) is 14.3 Å². The maximum absolute atomic E-state index is 13.5. The molecular weight excluding hydrogens is 364 g/mol. The first kappa shape index (κ1) is 20.4. The van der Waals surface area contributed by atoms with Crippen LogP contribution in [0.3, 0.4) is 0 Å². The first-order chi connectivity index (χ1) is 13.8. The molecule has 0 unspecified atom stereocenters. The molecule has 3 aliphatic rings. The lowest BCUT2D eigenvalue weighted by molar-refractivity contribution is -0.152. The number of aromatic nitrogens is 2. The van der Waals surface area contributed by atoms with Crippen molar-refractivity contribution in [1.29, 1.82) is 0 Å². The van der Waals surface area contributed by atoms with Crippen LogP contribution in [-0.4, -0.2) is 56.6 Å². The van der Waals surface area contributed by atoms with E-state index >= 15 is 0 Å². The van der Waals surface area contributed by atoms with Gasteiger partial charge in [-0.2, -0.15) is 5.10 Å². The fraction of sp³-hybridized carbons (Fsp3) is 0.783. The maximum Gasteiger partial charge on any atom is 0.272 e. The molecule has 0 N–H and O–H groups in total. The van der Waals surface area contributed by atoms with E-state index in [0.29, 0.717) is 36.1 Å². The lowest BCUT2D eigenvalue weighted by atomic mass is 9.70. The molecule has 160 valence electrons. The summed E-state index contributed by atoms with van der Waals surface area (Å²) < 4.78 is 1.74. The minimum atomic E-state index is 0.110. The van der Waals surface area contributed by atoms with Gasteiger partial charge in [0.05, 0.1) is 5.69 Å². The monoisotopic (exact) mass is 400 g/mol. The molecule has 0 aromatic carbocycles. The van der Waals surface area contributed by atoms with Crippen molar-refractivity contribution in [2.75, 3.05) is 13.1 Å². The number of hydrogen-bond acceptors (Lipinski definition) is 3. The molecule has 0 aliphatic carbocycles. The standard InChI is InChI=1S/C23H36N4O2/c1-14(2)9-10-20-18-11-17(19-7-6-8-21(28)27(19)20)12-26(13-18)23(29)22-15(3)16(4)24-25(22)5/h14,17-20H,6-13H2,1-5H3/t17-,18+,19+,20+/m1/s1. The lowest BCUT2D eigenvalue weighted by Crippen LogP contribution is -2.65. The molecule has 6 heteroatoms. The minimum Gasteiger partial charge on any atom is -0.337 e. The zero-order valence-electron chi connectivity index (χ0n) is 18.6. The molecule has 6 nitrogen and oxygen atoms in total. The summed E-state index contributed by atoms with van der Waals surface area (Å²) in [5.74, 6) is 1.89. The van der Waals surface area contributed by atoms with Crippen molar-refractivity contribution in [3.63, 3.8) is 0 Å². The van der Waals surface area contributed by atoms with Crippen molar-refractivity contribution in [3.05, 3.63) is 17.0 Å². The van der Waals surface area contributed by atoms with Crippen LogP contribution < -0.4 is 0 Å². The zero-order valence-corrected chi connectivity index (χ0v) is 18.6. The molecule has 3 saturated heterocycles. The van der Waals surface area contributed by atoms with Crippen LogP contribution in [0.2, 0.25) is 0 Å². The van der Waals surface area contributed by atoms with Crippen molar-refractivity contribution in [3.8, 4) is 0 Å². The number of rotatable bonds is 4. The molecule has 1 aromatic rings. The van der Waals surface area contributed by atoms with Gasteiger partial charge >= 0.3 is 0 Å². The Bertz CT molecular complexity index is 799. The molecule has 4 rings (SSSR count). The van der Waals surface area contributed by atoms with Crippen LogP contribution in [0, 0.1) is 31.6 Å². The summed E-state index contributed by atoms with van der Waals surface area (Å²) in [4.78, 5) is 30.7. The Morgan fingerprint density at radius 1 is 1.21 bits per heavy atom. The zero-order chi connectivity index (χ0) is 20.9. The van der Waals surface area contributed by atoms with Gasteiger partial charge in [0.1, 0.15) is 5.69 Å². The molecule has 0 spiro atoms. The van der Waals surface area contributed by atoms with E-state index in [1.165, 1.54) is 0 Å². The second-order valence-electron chi connectivity index (χ2n) is 9.95. The summed E-state index contributed by atoms with van der Waals surface area (Å²) in [6.45, 7) is 10.00. The average Bonchev–Trinajstić information content (AvgIpc) is 2.93. The maximum atomic E-state index is 13.5. The molecule has 0 saturated carbocycles. The molecule has 4 atom stereocenters. The van der Waals surface area contributed by atoms with Gasteiger partial charge in [-0.15, -0.1) is 0 Å². The SMILES string of the molecule is Cc1nn(C)c(C(=O)N2C[C@H]3C[C@@H](C2)[C@H](CCC(C)C)N2C(=O)CCC[C@@H]32)c1C. The van der Waals surface area contributed by atoms with Crippen LogP contribution in [0.1, 0.15) is 74.1 Å². The van der Waals surface area contributed by atoms with Gasteiger partial charge in [0.15, 0.2) is 0 Å². The second kappa shape index (κ2) is 7.77. The van der Waals surface area contributed by atoms with Gasteiger partial charge in [-0.1, -0.05) is 13.8 Å². The summed E-state index contributed by atoms with van der Waals surface area (Å²) in [5.41, 5.74) is 2.63. The highest BCUT2D eigenvalue weighted by Gasteiger charge is 2.50. The third-order valence-electron chi connectivity index (χ3n) is 7.55. The Balaban J connectivity index is 1.61. The second-order valence-corrected chi connectivity index (χ2v) is 9.95.